The molecule has 1 aliphatic heterocycles. The van der Waals surface area contributed by atoms with E-state index in [1.165, 1.54) is 6.92 Å². The van der Waals surface area contributed by atoms with Gasteiger partial charge in [0.15, 0.2) is 0 Å². The van der Waals surface area contributed by atoms with Crippen molar-refractivity contribution in [1.29, 1.82) is 5.26 Å². The Morgan fingerprint density at radius 2 is 2.09 bits per heavy atom. The van der Waals surface area contributed by atoms with Crippen LogP contribution in [0.1, 0.15) is 30.9 Å². The number of nitrogens with two attached hydrogens (primary N) is 1. The topological polar surface area (TPSA) is 127 Å². The van der Waals surface area contributed by atoms with Crippen molar-refractivity contribution in [3.05, 3.63) is 71.3 Å². The van der Waals surface area contributed by atoms with Crippen molar-refractivity contribution in [1.82, 2.24) is 10.3 Å². The van der Waals surface area contributed by atoms with Gasteiger partial charge in [-0.15, -0.1) is 4.99 Å². The van der Waals surface area contributed by atoms with Gasteiger partial charge in [0, 0.05) is 12.1 Å². The maximum Gasteiger partial charge on any atom is 0.272 e. The minimum atomic E-state index is -1.37. The first kappa shape index (κ1) is 24.2. The van der Waals surface area contributed by atoms with Gasteiger partial charge in [0.25, 0.3) is 5.91 Å². The van der Waals surface area contributed by atoms with E-state index in [1.807, 2.05) is 6.07 Å². The molecule has 0 aromatic heterocycles. The molecule has 33 heavy (non-hydrogen) atoms. The van der Waals surface area contributed by atoms with E-state index in [0.717, 1.165) is 35.0 Å². The lowest BCUT2D eigenvalue weighted by Crippen LogP contribution is -2.45. The summed E-state index contributed by atoms with van der Waals surface area (Å²) in [4.78, 5) is 15.2. The van der Waals surface area contributed by atoms with Crippen LogP contribution in [0.2, 0.25) is 0 Å². The third kappa shape index (κ3) is 5.30. The summed E-state index contributed by atoms with van der Waals surface area (Å²) in [5.74, 6) is -2.05. The summed E-state index contributed by atoms with van der Waals surface area (Å²) in [5, 5.41) is 27.0. The Morgan fingerprint density at radius 1 is 1.36 bits per heavy atom. The molecule has 4 N–H and O–H groups in total. The molecule has 1 heterocycles. The van der Waals surface area contributed by atoms with Gasteiger partial charge in [-0.3, -0.25) is 4.79 Å². The number of rotatable bonds is 7. The van der Waals surface area contributed by atoms with E-state index in [1.54, 1.807) is 30.5 Å². The van der Waals surface area contributed by atoms with Crippen molar-refractivity contribution in [2.24, 2.45) is 15.8 Å². The average molecular weight is 473 g/mol. The van der Waals surface area contributed by atoms with E-state index in [9.17, 15) is 18.7 Å². The first-order valence-corrected chi connectivity index (χ1v) is 10.9. The van der Waals surface area contributed by atoms with Crippen LogP contribution in [0.3, 0.4) is 0 Å². The number of nitrogens with zero attached hydrogens (tertiary/aromatic N) is 4. The molecule has 8 nitrogen and oxygen atoms in total. The van der Waals surface area contributed by atoms with Gasteiger partial charge in [-0.2, -0.15) is 10.4 Å². The fourth-order valence-electron chi connectivity index (χ4n) is 3.39. The van der Waals surface area contributed by atoms with Crippen LogP contribution in [0.5, 0.6) is 0 Å². The van der Waals surface area contributed by atoms with Gasteiger partial charge in [0.05, 0.1) is 0 Å². The smallest absolute Gasteiger partial charge is 0.272 e. The van der Waals surface area contributed by atoms with Crippen molar-refractivity contribution in [2.75, 3.05) is 6.54 Å². The third-order valence-electron chi connectivity index (χ3n) is 4.92. The molecule has 3 rings (SSSR count). The van der Waals surface area contributed by atoms with Gasteiger partial charge in [0.1, 0.15) is 27.7 Å². The van der Waals surface area contributed by atoms with Crippen LogP contribution in [0.15, 0.2) is 58.6 Å². The van der Waals surface area contributed by atoms with Crippen LogP contribution in [0.25, 0.3) is 0 Å². The standard InChI is InChI=1S/C22H22F2N6O2S/c1-14(31)20(32)30-22(15-6-3-2-4-7-15,10-5-11-27-21(26)28-13-25)33-19(29-30)17-12-16(23)8-9-18(17)24/h2-4,6-9,12,14,31H,5,10-11H2,1H3,(H3,26,27,28). The Labute approximate surface area is 193 Å². The molecule has 0 spiro atoms. The predicted octanol–water partition coefficient (Wildman–Crippen LogP) is 2.60. The molecular formula is C22H22F2N6O2S. The Morgan fingerprint density at radius 3 is 2.76 bits per heavy atom. The van der Waals surface area contributed by atoms with E-state index in [4.69, 9.17) is 11.0 Å². The van der Waals surface area contributed by atoms with E-state index < -0.39 is 28.5 Å². The number of nitriles is 1. The monoisotopic (exact) mass is 472 g/mol. The molecular weight excluding hydrogens is 450 g/mol. The minimum absolute atomic E-state index is 0.0407. The normalized spacial score (nSPS) is 19.1. The molecule has 1 amide bonds. The summed E-state index contributed by atoms with van der Waals surface area (Å²) in [6.45, 7) is 1.65. The minimum Gasteiger partial charge on any atom is -0.383 e. The summed E-state index contributed by atoms with van der Waals surface area (Å²) in [6, 6.07) is 12.0. The van der Waals surface area contributed by atoms with Gasteiger partial charge in [0.2, 0.25) is 12.2 Å². The Kier molecular flexibility index (Phi) is 7.63. The highest BCUT2D eigenvalue weighted by atomic mass is 32.2. The molecule has 1 aliphatic rings. The Hall–Kier alpha value is -3.49. The largest absolute Gasteiger partial charge is 0.383 e. The fraction of sp³-hybridized carbons (Fsp3) is 0.273. The summed E-state index contributed by atoms with van der Waals surface area (Å²) >= 11 is 1.11. The van der Waals surface area contributed by atoms with Crippen molar-refractivity contribution < 1.29 is 18.7 Å². The van der Waals surface area contributed by atoms with Crippen LogP contribution < -0.4 is 11.1 Å². The molecule has 172 valence electrons. The lowest BCUT2D eigenvalue weighted by atomic mass is 9.99. The lowest BCUT2D eigenvalue weighted by molar-refractivity contribution is -0.143. The first-order chi connectivity index (χ1) is 15.8. The number of carbonyl (C=O) groups excluding carboxylic acids is 1. The molecule has 11 heteroatoms. The summed E-state index contributed by atoms with van der Waals surface area (Å²) in [7, 11) is 0. The molecule has 0 bridgehead atoms. The van der Waals surface area contributed by atoms with Crippen molar-refractivity contribution in [2.45, 2.75) is 30.7 Å². The zero-order chi connectivity index (χ0) is 24.0. The Balaban J connectivity index is 2.02. The SMILES string of the molecule is CC(O)C(=O)N1N=C(c2cc(F)ccc2F)SC1(CCCNC(N)=NC#N)c1ccccc1. The second-order valence-electron chi connectivity index (χ2n) is 7.24. The number of carbonyl (C=O) groups is 1. The van der Waals surface area contributed by atoms with Gasteiger partial charge >= 0.3 is 0 Å². The lowest BCUT2D eigenvalue weighted by Gasteiger charge is -2.36. The second kappa shape index (κ2) is 10.4. The van der Waals surface area contributed by atoms with Crippen molar-refractivity contribution in [3.8, 4) is 6.19 Å². The van der Waals surface area contributed by atoms with Crippen molar-refractivity contribution >= 4 is 28.7 Å². The van der Waals surface area contributed by atoms with E-state index >= 15 is 0 Å². The fourth-order valence-corrected chi connectivity index (χ4v) is 4.81. The summed E-state index contributed by atoms with van der Waals surface area (Å²) in [6.07, 6.45) is 0.975. The third-order valence-corrected chi connectivity index (χ3v) is 6.36. The molecule has 0 saturated carbocycles. The zero-order valence-corrected chi connectivity index (χ0v) is 18.5. The van der Waals surface area contributed by atoms with Crippen LogP contribution in [0.4, 0.5) is 8.78 Å². The van der Waals surface area contributed by atoms with E-state index in [2.05, 4.69) is 15.4 Å². The second-order valence-corrected chi connectivity index (χ2v) is 8.50. The number of nitrogens with one attached hydrogen (secondary N) is 1. The van der Waals surface area contributed by atoms with Gasteiger partial charge in [-0.05, 0) is 43.5 Å². The Bertz CT molecular complexity index is 1120. The molecule has 0 saturated heterocycles. The van der Waals surface area contributed by atoms with Gasteiger partial charge in [-0.1, -0.05) is 42.1 Å². The van der Waals surface area contributed by atoms with Gasteiger partial charge < -0.3 is 16.2 Å². The van der Waals surface area contributed by atoms with Gasteiger partial charge in [-0.25, -0.2) is 13.8 Å². The molecule has 0 fully saturated rings. The van der Waals surface area contributed by atoms with Crippen LogP contribution in [0, 0.1) is 23.1 Å². The number of aliphatic hydroxyl groups excluding tert-OH is 1. The number of benzene rings is 2. The number of amides is 1. The number of hydrazone groups is 1. The number of guanidine groups is 1. The molecule has 0 radical (unpaired) electrons. The quantitative estimate of drug-likeness (QED) is 0.246. The number of halogens is 2. The maximum absolute atomic E-state index is 14.6. The number of thioether (sulfide) groups is 1. The van der Waals surface area contributed by atoms with Crippen molar-refractivity contribution in [3.63, 3.8) is 0 Å². The van der Waals surface area contributed by atoms with Crippen LogP contribution in [-0.4, -0.2) is 39.7 Å². The average Bonchev–Trinajstić information content (AvgIpc) is 3.19. The van der Waals surface area contributed by atoms with E-state index in [-0.39, 0.29) is 16.6 Å². The number of hydrogen-bond donors (Lipinski definition) is 3. The summed E-state index contributed by atoms with van der Waals surface area (Å²) in [5.41, 5.74) is 6.19. The predicted molar refractivity (Wildman–Crippen MR) is 122 cm³/mol. The van der Waals surface area contributed by atoms with Crippen LogP contribution in [-0.2, 0) is 9.67 Å². The first-order valence-electron chi connectivity index (χ1n) is 10.1. The maximum atomic E-state index is 14.6. The van der Waals surface area contributed by atoms with Crippen LogP contribution >= 0.6 is 11.8 Å². The summed E-state index contributed by atoms with van der Waals surface area (Å²) < 4.78 is 28.4. The highest BCUT2D eigenvalue weighted by Crippen LogP contribution is 2.50. The van der Waals surface area contributed by atoms with E-state index in [0.29, 0.717) is 24.9 Å². The molecule has 2 unspecified atom stereocenters. The number of hydrogen-bond acceptors (Lipinski definition) is 6. The highest BCUT2D eigenvalue weighted by Gasteiger charge is 2.49. The zero-order valence-electron chi connectivity index (χ0n) is 17.7. The number of aliphatic imine (C=N–C) groups is 1. The molecule has 2 aromatic rings. The number of aliphatic hydroxyl groups is 1. The molecule has 0 aliphatic carbocycles. The highest BCUT2D eigenvalue weighted by molar-refractivity contribution is 8.15. The molecule has 2 aromatic carbocycles. The molecule has 2 atom stereocenters.